The maximum Gasteiger partial charge on any atom is 0.323 e. The van der Waals surface area contributed by atoms with E-state index in [9.17, 15) is 13.2 Å². The van der Waals surface area contributed by atoms with Gasteiger partial charge in [-0.3, -0.25) is 9.52 Å². The van der Waals surface area contributed by atoms with Gasteiger partial charge in [-0.25, -0.2) is 8.42 Å². The fourth-order valence-corrected chi connectivity index (χ4v) is 2.47. The molecule has 0 aliphatic carbocycles. The molecule has 0 aliphatic heterocycles. The number of carbonyl (C=O) groups is 1. The molecule has 1 unspecified atom stereocenters. The summed E-state index contributed by atoms with van der Waals surface area (Å²) in [4.78, 5) is 14.9. The van der Waals surface area contributed by atoms with Crippen LogP contribution in [0.3, 0.4) is 0 Å². The highest BCUT2D eigenvalue weighted by molar-refractivity contribution is 7.94. The molecule has 0 radical (unpaired) electrons. The molecule has 0 fully saturated rings. The topological polar surface area (TPSA) is 122 Å². The third-order valence-electron chi connectivity index (χ3n) is 2.75. The summed E-state index contributed by atoms with van der Waals surface area (Å²) in [6.45, 7) is 2.72. The van der Waals surface area contributed by atoms with Crippen molar-refractivity contribution in [2.24, 2.45) is 0 Å². The van der Waals surface area contributed by atoms with Gasteiger partial charge < -0.3 is 9.63 Å². The number of sulfonamides is 1. The maximum atomic E-state index is 12.0. The zero-order valence-electron chi connectivity index (χ0n) is 11.3. The van der Waals surface area contributed by atoms with Crippen LogP contribution in [0.5, 0.6) is 0 Å². The molecule has 1 aromatic carbocycles. The van der Waals surface area contributed by atoms with E-state index in [-0.39, 0.29) is 11.6 Å². The van der Waals surface area contributed by atoms with Gasteiger partial charge in [0, 0.05) is 0 Å². The summed E-state index contributed by atoms with van der Waals surface area (Å²) >= 11 is 0. The van der Waals surface area contributed by atoms with Gasteiger partial charge in [-0.2, -0.15) is 4.98 Å². The minimum absolute atomic E-state index is 0.147. The Labute approximate surface area is 120 Å². The lowest BCUT2D eigenvalue weighted by Crippen LogP contribution is -2.32. The molecule has 0 aliphatic rings. The number of rotatable bonds is 5. The van der Waals surface area contributed by atoms with Gasteiger partial charge in [0.15, 0.2) is 11.1 Å². The first-order valence-corrected chi connectivity index (χ1v) is 7.50. The monoisotopic (exact) mass is 311 g/mol. The van der Waals surface area contributed by atoms with E-state index in [0.717, 1.165) is 6.92 Å². The van der Waals surface area contributed by atoms with Crippen LogP contribution in [0.2, 0.25) is 0 Å². The molecule has 21 heavy (non-hydrogen) atoms. The predicted molar refractivity (Wildman–Crippen MR) is 74.1 cm³/mol. The molecular formula is C12H13N3O5S. The molecule has 0 spiro atoms. The van der Waals surface area contributed by atoms with Crippen molar-refractivity contribution < 1.29 is 22.8 Å². The highest BCUT2D eigenvalue weighted by Gasteiger charge is 2.28. The molecule has 1 atom stereocenters. The number of nitrogens with zero attached hydrogens (tertiary/aromatic N) is 2. The quantitative estimate of drug-likeness (QED) is 0.852. The molecule has 9 heteroatoms. The molecule has 0 bridgehead atoms. The SMILES string of the molecule is Cc1noc(-c2ccccc2NS(=O)(=O)C(C)C(=O)O)n1. The van der Waals surface area contributed by atoms with Crippen LogP contribution in [-0.4, -0.2) is 34.9 Å². The number of carboxylic acids is 1. The van der Waals surface area contributed by atoms with Crippen molar-refractivity contribution in [1.29, 1.82) is 0 Å². The van der Waals surface area contributed by atoms with E-state index in [4.69, 9.17) is 9.63 Å². The highest BCUT2D eigenvalue weighted by Crippen LogP contribution is 2.27. The molecule has 8 nitrogen and oxygen atoms in total. The summed E-state index contributed by atoms with van der Waals surface area (Å²) < 4.78 is 31.2. The summed E-state index contributed by atoms with van der Waals surface area (Å²) in [5.74, 6) is -0.885. The third kappa shape index (κ3) is 3.19. The second-order valence-electron chi connectivity index (χ2n) is 4.32. The van der Waals surface area contributed by atoms with Gasteiger partial charge in [0.05, 0.1) is 11.3 Å². The lowest BCUT2D eigenvalue weighted by Gasteiger charge is -2.13. The van der Waals surface area contributed by atoms with Crippen molar-refractivity contribution in [3.63, 3.8) is 0 Å². The lowest BCUT2D eigenvalue weighted by atomic mass is 10.2. The smallest absolute Gasteiger partial charge is 0.323 e. The molecule has 1 heterocycles. The van der Waals surface area contributed by atoms with Crippen molar-refractivity contribution in [3.05, 3.63) is 30.1 Å². The Kier molecular flexibility index (Phi) is 3.94. The second kappa shape index (κ2) is 5.52. The minimum Gasteiger partial charge on any atom is -0.480 e. The zero-order chi connectivity index (χ0) is 15.6. The largest absolute Gasteiger partial charge is 0.480 e. The number of anilines is 1. The van der Waals surface area contributed by atoms with E-state index in [1.165, 1.54) is 6.07 Å². The summed E-state index contributed by atoms with van der Waals surface area (Å²) in [5, 5.41) is 10.9. The van der Waals surface area contributed by atoms with Crippen LogP contribution < -0.4 is 4.72 Å². The normalized spacial score (nSPS) is 12.9. The Morgan fingerprint density at radius 1 is 1.38 bits per heavy atom. The van der Waals surface area contributed by atoms with Crippen molar-refractivity contribution in [3.8, 4) is 11.5 Å². The highest BCUT2D eigenvalue weighted by atomic mass is 32.2. The van der Waals surface area contributed by atoms with Crippen LogP contribution in [0.1, 0.15) is 12.7 Å². The third-order valence-corrected chi connectivity index (χ3v) is 4.39. The molecular weight excluding hydrogens is 298 g/mol. The molecule has 2 rings (SSSR count). The molecule has 2 N–H and O–H groups in total. The number of nitrogens with one attached hydrogen (secondary N) is 1. The maximum absolute atomic E-state index is 12.0. The van der Waals surface area contributed by atoms with Crippen LogP contribution in [0.25, 0.3) is 11.5 Å². The number of aromatic nitrogens is 2. The fourth-order valence-electron chi connectivity index (χ4n) is 1.54. The Morgan fingerprint density at radius 2 is 2.05 bits per heavy atom. The molecule has 112 valence electrons. The number of aliphatic carboxylic acids is 1. The molecule has 2 aromatic rings. The first-order valence-electron chi connectivity index (χ1n) is 5.95. The fraction of sp³-hybridized carbons (Fsp3) is 0.250. The van der Waals surface area contributed by atoms with Crippen molar-refractivity contribution >= 4 is 21.7 Å². The van der Waals surface area contributed by atoms with E-state index in [2.05, 4.69) is 14.9 Å². The molecule has 1 aromatic heterocycles. The average molecular weight is 311 g/mol. The Hall–Kier alpha value is -2.42. The van der Waals surface area contributed by atoms with Gasteiger partial charge >= 0.3 is 5.97 Å². The summed E-state index contributed by atoms with van der Waals surface area (Å²) in [6.07, 6.45) is 0. The van der Waals surface area contributed by atoms with Crippen LogP contribution in [0.4, 0.5) is 5.69 Å². The Morgan fingerprint density at radius 3 is 2.62 bits per heavy atom. The van der Waals surface area contributed by atoms with Gasteiger partial charge in [-0.1, -0.05) is 17.3 Å². The van der Waals surface area contributed by atoms with E-state index in [0.29, 0.717) is 11.4 Å². The number of benzene rings is 1. The Bertz CT molecular complexity index is 769. The van der Waals surface area contributed by atoms with Gasteiger partial charge in [-0.15, -0.1) is 0 Å². The average Bonchev–Trinajstić information content (AvgIpc) is 2.84. The number of carboxylic acid groups (broad SMARTS) is 1. The summed E-state index contributed by atoms with van der Waals surface area (Å²) in [6, 6.07) is 6.36. The number of para-hydroxylation sites is 1. The van der Waals surface area contributed by atoms with Crippen molar-refractivity contribution in [1.82, 2.24) is 10.1 Å². The van der Waals surface area contributed by atoms with E-state index in [1.54, 1.807) is 25.1 Å². The van der Waals surface area contributed by atoms with E-state index in [1.807, 2.05) is 0 Å². The van der Waals surface area contributed by atoms with Crippen molar-refractivity contribution in [2.75, 3.05) is 4.72 Å². The summed E-state index contributed by atoms with van der Waals surface area (Å²) in [7, 11) is -4.08. The first-order chi connectivity index (χ1) is 9.81. The van der Waals surface area contributed by atoms with Gasteiger partial charge in [0.25, 0.3) is 5.89 Å². The number of hydrogen-bond donors (Lipinski definition) is 2. The van der Waals surface area contributed by atoms with E-state index < -0.39 is 21.2 Å². The van der Waals surface area contributed by atoms with Crippen LogP contribution in [0.15, 0.2) is 28.8 Å². The minimum atomic E-state index is -4.08. The van der Waals surface area contributed by atoms with Crippen LogP contribution in [-0.2, 0) is 14.8 Å². The zero-order valence-corrected chi connectivity index (χ0v) is 12.1. The first kappa shape index (κ1) is 15.0. The van der Waals surface area contributed by atoms with Crippen LogP contribution >= 0.6 is 0 Å². The van der Waals surface area contributed by atoms with Gasteiger partial charge in [0.2, 0.25) is 10.0 Å². The summed E-state index contributed by atoms with van der Waals surface area (Å²) in [5.41, 5.74) is 0.550. The predicted octanol–water partition coefficient (Wildman–Crippen LogP) is 1.26. The number of hydrogen-bond acceptors (Lipinski definition) is 6. The van der Waals surface area contributed by atoms with Crippen LogP contribution in [0, 0.1) is 6.92 Å². The standard InChI is InChI=1S/C12H13N3O5S/c1-7(12(16)17)21(18,19)15-10-6-4-3-5-9(10)11-13-8(2)14-20-11/h3-7,15H,1-2H3,(H,16,17). The molecule has 0 saturated carbocycles. The van der Waals surface area contributed by atoms with E-state index >= 15 is 0 Å². The Balaban J connectivity index is 2.40. The van der Waals surface area contributed by atoms with Gasteiger partial charge in [0.1, 0.15) is 0 Å². The molecule has 0 amide bonds. The van der Waals surface area contributed by atoms with Crippen molar-refractivity contribution in [2.45, 2.75) is 19.1 Å². The second-order valence-corrected chi connectivity index (χ2v) is 6.32. The lowest BCUT2D eigenvalue weighted by molar-refractivity contribution is -0.136. The van der Waals surface area contributed by atoms with Gasteiger partial charge in [-0.05, 0) is 26.0 Å². The number of aryl methyl sites for hydroxylation is 1. The molecule has 0 saturated heterocycles.